The summed E-state index contributed by atoms with van der Waals surface area (Å²) in [7, 11) is 0. The van der Waals surface area contributed by atoms with Crippen molar-refractivity contribution in [1.29, 1.82) is 0 Å². The SMILES string of the molecule is CC(F)(F)c1ccc(N2CCNCC2)c(/C=C2\SC(=O)NC2=O)c1. The van der Waals surface area contributed by atoms with Crippen molar-refractivity contribution >= 4 is 34.7 Å². The number of halogens is 2. The molecule has 2 fully saturated rings. The Bertz CT molecular complexity index is 710. The second-order valence-corrected chi connectivity index (χ2v) is 6.77. The number of thioether (sulfide) groups is 1. The largest absolute Gasteiger partial charge is 0.369 e. The Morgan fingerprint density at radius 1 is 1.25 bits per heavy atom. The first kappa shape index (κ1) is 16.9. The molecule has 0 saturated carbocycles. The molecular weight excluding hydrogens is 336 g/mol. The molecule has 0 radical (unpaired) electrons. The zero-order chi connectivity index (χ0) is 17.3. The Morgan fingerprint density at radius 2 is 1.96 bits per heavy atom. The summed E-state index contributed by atoms with van der Waals surface area (Å²) in [6, 6.07) is 4.46. The molecule has 2 aliphatic heterocycles. The van der Waals surface area contributed by atoms with E-state index in [0.29, 0.717) is 5.56 Å². The molecule has 0 aliphatic carbocycles. The summed E-state index contributed by atoms with van der Waals surface area (Å²) < 4.78 is 27.4. The van der Waals surface area contributed by atoms with Crippen LogP contribution >= 0.6 is 11.8 Å². The average Bonchev–Trinajstić information content (AvgIpc) is 2.85. The van der Waals surface area contributed by atoms with E-state index in [-0.39, 0.29) is 10.5 Å². The van der Waals surface area contributed by atoms with Crippen LogP contribution in [0.5, 0.6) is 0 Å². The monoisotopic (exact) mass is 353 g/mol. The van der Waals surface area contributed by atoms with E-state index in [1.807, 2.05) is 0 Å². The third-order valence-corrected chi connectivity index (χ3v) is 4.73. The van der Waals surface area contributed by atoms with Gasteiger partial charge in [0.1, 0.15) is 0 Å². The third kappa shape index (κ3) is 3.59. The highest BCUT2D eigenvalue weighted by Gasteiger charge is 2.28. The molecule has 2 saturated heterocycles. The van der Waals surface area contributed by atoms with Gasteiger partial charge in [-0.05, 0) is 35.5 Å². The van der Waals surface area contributed by atoms with Gasteiger partial charge in [-0.25, -0.2) is 8.78 Å². The molecular formula is C16H17F2N3O2S. The van der Waals surface area contributed by atoms with Gasteiger partial charge in [0.05, 0.1) is 4.91 Å². The number of piperazine rings is 1. The van der Waals surface area contributed by atoms with Gasteiger partial charge in [0.25, 0.3) is 17.1 Å². The van der Waals surface area contributed by atoms with Crippen molar-refractivity contribution < 1.29 is 18.4 Å². The minimum absolute atomic E-state index is 0.122. The molecule has 2 amide bonds. The highest BCUT2D eigenvalue weighted by molar-refractivity contribution is 8.18. The molecule has 3 rings (SSSR count). The Morgan fingerprint density at radius 3 is 2.54 bits per heavy atom. The molecule has 1 aromatic rings. The fourth-order valence-corrected chi connectivity index (χ4v) is 3.37. The van der Waals surface area contributed by atoms with Crippen molar-refractivity contribution in [2.75, 3.05) is 31.1 Å². The first-order chi connectivity index (χ1) is 11.3. The van der Waals surface area contributed by atoms with E-state index < -0.39 is 17.1 Å². The van der Waals surface area contributed by atoms with Gasteiger partial charge in [0.2, 0.25) is 0 Å². The van der Waals surface area contributed by atoms with Gasteiger partial charge in [0.15, 0.2) is 0 Å². The number of nitrogens with one attached hydrogen (secondary N) is 2. The van der Waals surface area contributed by atoms with E-state index in [4.69, 9.17) is 0 Å². The smallest absolute Gasteiger partial charge is 0.290 e. The lowest BCUT2D eigenvalue weighted by Crippen LogP contribution is -2.43. The zero-order valence-corrected chi connectivity index (χ0v) is 13.9. The minimum atomic E-state index is -2.98. The normalized spacial score (nSPS) is 20.6. The number of imide groups is 1. The Hall–Kier alpha value is -1.93. The molecule has 2 heterocycles. The predicted octanol–water partition coefficient (Wildman–Crippen LogP) is 2.53. The Balaban J connectivity index is 2.04. The maximum absolute atomic E-state index is 13.7. The highest BCUT2D eigenvalue weighted by atomic mass is 32.2. The quantitative estimate of drug-likeness (QED) is 0.818. The van der Waals surface area contributed by atoms with Crippen molar-refractivity contribution in [3.05, 3.63) is 34.2 Å². The second-order valence-electron chi connectivity index (χ2n) is 5.75. The molecule has 5 nitrogen and oxygen atoms in total. The molecule has 0 atom stereocenters. The van der Waals surface area contributed by atoms with Crippen LogP contribution in [0.2, 0.25) is 0 Å². The van der Waals surface area contributed by atoms with Crippen molar-refractivity contribution in [2.45, 2.75) is 12.8 Å². The fourth-order valence-electron chi connectivity index (χ4n) is 2.70. The van der Waals surface area contributed by atoms with Crippen LogP contribution in [0.1, 0.15) is 18.1 Å². The van der Waals surface area contributed by atoms with E-state index in [2.05, 4.69) is 15.5 Å². The molecule has 8 heteroatoms. The summed E-state index contributed by atoms with van der Waals surface area (Å²) in [4.78, 5) is 25.4. The molecule has 2 N–H and O–H groups in total. The van der Waals surface area contributed by atoms with Crippen LogP contribution in [0.3, 0.4) is 0 Å². The Labute approximate surface area is 142 Å². The lowest BCUT2D eigenvalue weighted by Gasteiger charge is -2.31. The molecule has 128 valence electrons. The van der Waals surface area contributed by atoms with Crippen LogP contribution in [-0.2, 0) is 10.7 Å². The van der Waals surface area contributed by atoms with E-state index in [1.54, 1.807) is 6.07 Å². The molecule has 2 aliphatic rings. The molecule has 0 unspecified atom stereocenters. The summed E-state index contributed by atoms with van der Waals surface area (Å²) in [5.41, 5.74) is 1.18. The lowest BCUT2D eigenvalue weighted by molar-refractivity contribution is -0.115. The number of benzene rings is 1. The van der Waals surface area contributed by atoms with Crippen molar-refractivity contribution in [1.82, 2.24) is 10.6 Å². The summed E-state index contributed by atoms with van der Waals surface area (Å²) in [6.07, 6.45) is 1.51. The van der Waals surface area contributed by atoms with Crippen LogP contribution in [0.25, 0.3) is 6.08 Å². The third-order valence-electron chi connectivity index (χ3n) is 3.92. The number of anilines is 1. The first-order valence-electron chi connectivity index (χ1n) is 7.57. The molecule has 0 spiro atoms. The maximum atomic E-state index is 13.7. The lowest BCUT2D eigenvalue weighted by atomic mass is 10.0. The van der Waals surface area contributed by atoms with Gasteiger partial charge in [-0.3, -0.25) is 14.9 Å². The van der Waals surface area contributed by atoms with E-state index >= 15 is 0 Å². The zero-order valence-electron chi connectivity index (χ0n) is 13.1. The van der Waals surface area contributed by atoms with E-state index in [1.165, 1.54) is 18.2 Å². The summed E-state index contributed by atoms with van der Waals surface area (Å²) in [5.74, 6) is -3.47. The average molecular weight is 353 g/mol. The number of carbonyl (C=O) groups excluding carboxylic acids is 2. The minimum Gasteiger partial charge on any atom is -0.369 e. The maximum Gasteiger partial charge on any atom is 0.290 e. The van der Waals surface area contributed by atoms with Gasteiger partial charge in [-0.15, -0.1) is 0 Å². The van der Waals surface area contributed by atoms with E-state index in [9.17, 15) is 18.4 Å². The van der Waals surface area contributed by atoms with Gasteiger partial charge < -0.3 is 10.2 Å². The number of nitrogens with zero attached hydrogens (tertiary/aromatic N) is 1. The Kier molecular flexibility index (Phi) is 4.60. The van der Waals surface area contributed by atoms with Crippen LogP contribution in [0, 0.1) is 0 Å². The van der Waals surface area contributed by atoms with Gasteiger partial charge in [-0.2, -0.15) is 0 Å². The summed E-state index contributed by atoms with van der Waals surface area (Å²) >= 11 is 0.780. The molecule has 1 aromatic carbocycles. The van der Waals surface area contributed by atoms with Crippen LogP contribution in [0.4, 0.5) is 19.3 Å². The van der Waals surface area contributed by atoms with Gasteiger partial charge >= 0.3 is 0 Å². The van der Waals surface area contributed by atoms with Crippen molar-refractivity contribution in [3.63, 3.8) is 0 Å². The van der Waals surface area contributed by atoms with Crippen LogP contribution < -0.4 is 15.5 Å². The number of alkyl halides is 2. The summed E-state index contributed by atoms with van der Waals surface area (Å²) in [5, 5.41) is 4.96. The van der Waals surface area contributed by atoms with Crippen LogP contribution in [0.15, 0.2) is 23.1 Å². The molecule has 24 heavy (non-hydrogen) atoms. The second kappa shape index (κ2) is 6.52. The van der Waals surface area contributed by atoms with Crippen molar-refractivity contribution in [3.8, 4) is 0 Å². The predicted molar refractivity (Wildman–Crippen MR) is 90.2 cm³/mol. The topological polar surface area (TPSA) is 61.4 Å². The van der Waals surface area contributed by atoms with E-state index in [0.717, 1.165) is 50.6 Å². The first-order valence-corrected chi connectivity index (χ1v) is 8.39. The number of carbonyl (C=O) groups is 2. The number of hydrogen-bond acceptors (Lipinski definition) is 5. The standard InChI is InChI=1S/C16H17F2N3O2S/c1-16(17,18)11-2-3-12(21-6-4-19-5-7-21)10(8-11)9-13-14(22)20-15(23)24-13/h2-3,8-9,19H,4-7H2,1H3,(H,20,22,23)/b13-9-. The van der Waals surface area contributed by atoms with Crippen molar-refractivity contribution in [2.24, 2.45) is 0 Å². The number of hydrogen-bond donors (Lipinski definition) is 2. The molecule has 0 bridgehead atoms. The number of amides is 2. The molecule has 0 aromatic heterocycles. The van der Waals surface area contributed by atoms with Gasteiger partial charge in [-0.1, -0.05) is 6.07 Å². The van der Waals surface area contributed by atoms with Gasteiger partial charge in [0, 0.05) is 44.4 Å². The summed E-state index contributed by atoms with van der Waals surface area (Å²) in [6.45, 7) is 3.93. The van der Waals surface area contributed by atoms with Crippen LogP contribution in [-0.4, -0.2) is 37.3 Å². The highest BCUT2D eigenvalue weighted by Crippen LogP contribution is 2.34. The fraction of sp³-hybridized carbons (Fsp3) is 0.375. The number of rotatable bonds is 3.